The van der Waals surface area contributed by atoms with E-state index in [0.29, 0.717) is 18.3 Å². The van der Waals surface area contributed by atoms with Crippen molar-refractivity contribution >= 4 is 27.5 Å². The van der Waals surface area contributed by atoms with E-state index in [1.165, 1.54) is 5.56 Å². The number of amides is 1. The minimum atomic E-state index is 0.0767. The maximum Gasteiger partial charge on any atom is 0.279 e. The van der Waals surface area contributed by atoms with Crippen molar-refractivity contribution in [3.63, 3.8) is 0 Å². The molecule has 2 fully saturated rings. The second kappa shape index (κ2) is 9.32. The van der Waals surface area contributed by atoms with Crippen molar-refractivity contribution in [1.82, 2.24) is 19.9 Å². The Hall–Kier alpha value is -2.52. The zero-order chi connectivity index (χ0) is 21.0. The van der Waals surface area contributed by atoms with Gasteiger partial charge in [-0.25, -0.2) is 9.99 Å². The second-order valence-corrected chi connectivity index (χ2v) is 8.80. The highest BCUT2D eigenvalue weighted by Crippen LogP contribution is 2.31. The fourth-order valence-electron chi connectivity index (χ4n) is 4.02. The molecule has 0 aliphatic carbocycles. The minimum absolute atomic E-state index is 0.0767. The molecule has 8 heteroatoms. The number of carbonyl (C=O) groups is 1. The van der Waals surface area contributed by atoms with Crippen LogP contribution in [0, 0.1) is 0 Å². The summed E-state index contributed by atoms with van der Waals surface area (Å²) in [5, 5.41) is 4.71. The third kappa shape index (κ3) is 4.88. The average Bonchev–Trinajstić information content (AvgIpc) is 3.22. The molecule has 0 unspecified atom stereocenters. The lowest BCUT2D eigenvalue weighted by Crippen LogP contribution is -2.58. The third-order valence-electron chi connectivity index (χ3n) is 5.77. The minimum Gasteiger partial charge on any atom is -0.431 e. The third-order valence-corrected chi connectivity index (χ3v) is 6.68. The Morgan fingerprint density at radius 1 is 1.00 bits per heavy atom. The number of aromatic nitrogens is 1. The lowest BCUT2D eigenvalue weighted by molar-refractivity contribution is -0.168. The van der Waals surface area contributed by atoms with Gasteiger partial charge in [0.05, 0.1) is 23.4 Å². The standard InChI is InChI=1S/C23H26N4O3S/c28-22-17-29-16-15-27(22)26-13-11-25(12-14-26)10-9-18-5-7-19(8-6-18)30-23-24-20-3-1-2-4-21(20)31-23/h1-8H,9-17H2. The van der Waals surface area contributed by atoms with Crippen LogP contribution in [-0.4, -0.2) is 78.3 Å². The molecular formula is C23H26N4O3S. The molecule has 2 aliphatic heterocycles. The highest BCUT2D eigenvalue weighted by Gasteiger charge is 2.27. The number of morpholine rings is 1. The summed E-state index contributed by atoms with van der Waals surface area (Å²) in [6.07, 6.45) is 0.998. The molecule has 7 nitrogen and oxygen atoms in total. The van der Waals surface area contributed by atoms with Crippen LogP contribution >= 0.6 is 11.3 Å². The van der Waals surface area contributed by atoms with E-state index in [2.05, 4.69) is 33.1 Å². The van der Waals surface area contributed by atoms with Crippen LogP contribution in [0.4, 0.5) is 0 Å². The zero-order valence-electron chi connectivity index (χ0n) is 17.4. The summed E-state index contributed by atoms with van der Waals surface area (Å²) in [6.45, 7) is 6.25. The predicted octanol–water partition coefficient (Wildman–Crippen LogP) is 3.02. The van der Waals surface area contributed by atoms with Gasteiger partial charge in [0.1, 0.15) is 12.4 Å². The molecule has 162 valence electrons. The molecule has 0 radical (unpaired) electrons. The summed E-state index contributed by atoms with van der Waals surface area (Å²) in [5.74, 6) is 0.888. The van der Waals surface area contributed by atoms with Crippen molar-refractivity contribution in [3.8, 4) is 10.9 Å². The number of hydrogen-bond acceptors (Lipinski definition) is 7. The van der Waals surface area contributed by atoms with Gasteiger partial charge in [0, 0.05) is 32.7 Å². The van der Waals surface area contributed by atoms with Crippen molar-refractivity contribution in [2.45, 2.75) is 6.42 Å². The molecule has 0 spiro atoms. The zero-order valence-corrected chi connectivity index (χ0v) is 18.2. The number of nitrogens with zero attached hydrogens (tertiary/aromatic N) is 4. The van der Waals surface area contributed by atoms with E-state index in [0.717, 1.165) is 55.1 Å². The fourth-order valence-corrected chi connectivity index (χ4v) is 4.85. The van der Waals surface area contributed by atoms with E-state index in [-0.39, 0.29) is 12.5 Å². The number of hydrogen-bond donors (Lipinski definition) is 0. The Morgan fingerprint density at radius 2 is 1.81 bits per heavy atom. The van der Waals surface area contributed by atoms with E-state index >= 15 is 0 Å². The number of hydrazine groups is 1. The van der Waals surface area contributed by atoms with Crippen molar-refractivity contribution in [1.29, 1.82) is 0 Å². The van der Waals surface area contributed by atoms with Crippen molar-refractivity contribution < 1.29 is 14.3 Å². The van der Waals surface area contributed by atoms with Crippen LogP contribution in [-0.2, 0) is 16.0 Å². The first-order valence-corrected chi connectivity index (χ1v) is 11.5. The van der Waals surface area contributed by atoms with Crippen LogP contribution in [0.1, 0.15) is 5.56 Å². The topological polar surface area (TPSA) is 58.1 Å². The molecule has 5 rings (SSSR count). The van der Waals surface area contributed by atoms with Crippen LogP contribution in [0.5, 0.6) is 10.9 Å². The number of rotatable bonds is 6. The molecule has 2 aromatic carbocycles. The predicted molar refractivity (Wildman–Crippen MR) is 120 cm³/mol. The fraction of sp³-hybridized carbons (Fsp3) is 0.391. The number of piperazine rings is 1. The molecule has 0 saturated carbocycles. The number of ether oxygens (including phenoxy) is 2. The number of thiazole rings is 1. The van der Waals surface area contributed by atoms with Crippen LogP contribution in [0.3, 0.4) is 0 Å². The van der Waals surface area contributed by atoms with Gasteiger partial charge in [0.2, 0.25) is 0 Å². The molecule has 2 aliphatic rings. The summed E-state index contributed by atoms with van der Waals surface area (Å²) >= 11 is 1.56. The van der Waals surface area contributed by atoms with Gasteiger partial charge in [-0.1, -0.05) is 35.6 Å². The van der Waals surface area contributed by atoms with Crippen molar-refractivity contribution in [3.05, 3.63) is 54.1 Å². The lowest BCUT2D eigenvalue weighted by atomic mass is 10.1. The van der Waals surface area contributed by atoms with Crippen LogP contribution in [0.25, 0.3) is 10.2 Å². The first-order chi connectivity index (χ1) is 15.2. The normalized spacial score (nSPS) is 18.6. The Bertz CT molecular complexity index is 998. The number of para-hydroxylation sites is 1. The van der Waals surface area contributed by atoms with E-state index in [1.54, 1.807) is 11.3 Å². The monoisotopic (exact) mass is 438 g/mol. The van der Waals surface area contributed by atoms with E-state index in [1.807, 2.05) is 35.3 Å². The van der Waals surface area contributed by atoms with E-state index in [4.69, 9.17) is 9.47 Å². The number of fused-ring (bicyclic) bond motifs is 1. The van der Waals surface area contributed by atoms with Gasteiger partial charge in [-0.2, -0.15) is 0 Å². The summed E-state index contributed by atoms with van der Waals surface area (Å²) < 4.78 is 12.3. The van der Waals surface area contributed by atoms with Crippen molar-refractivity contribution in [2.24, 2.45) is 0 Å². The Morgan fingerprint density at radius 3 is 2.58 bits per heavy atom. The summed E-state index contributed by atoms with van der Waals surface area (Å²) in [5.41, 5.74) is 2.26. The Labute approximate surface area is 185 Å². The molecule has 0 atom stereocenters. The smallest absolute Gasteiger partial charge is 0.279 e. The summed E-state index contributed by atoms with van der Waals surface area (Å²) in [4.78, 5) is 19.0. The van der Waals surface area contributed by atoms with Crippen LogP contribution in [0.2, 0.25) is 0 Å². The summed E-state index contributed by atoms with van der Waals surface area (Å²) in [6, 6.07) is 16.4. The molecule has 0 N–H and O–H groups in total. The molecule has 2 saturated heterocycles. The highest BCUT2D eigenvalue weighted by atomic mass is 32.1. The first kappa shape index (κ1) is 20.4. The average molecular weight is 439 g/mol. The summed E-state index contributed by atoms with van der Waals surface area (Å²) in [7, 11) is 0. The quantitative estimate of drug-likeness (QED) is 0.590. The maximum atomic E-state index is 12.0. The van der Waals surface area contributed by atoms with Gasteiger partial charge in [0.25, 0.3) is 11.1 Å². The number of benzene rings is 2. The molecular weight excluding hydrogens is 412 g/mol. The molecule has 1 amide bonds. The van der Waals surface area contributed by atoms with Crippen LogP contribution < -0.4 is 4.74 Å². The molecule has 1 aromatic heterocycles. The van der Waals surface area contributed by atoms with Gasteiger partial charge in [0.15, 0.2) is 0 Å². The Balaban J connectivity index is 1.09. The molecule has 3 aromatic rings. The lowest BCUT2D eigenvalue weighted by Gasteiger charge is -2.42. The molecule has 31 heavy (non-hydrogen) atoms. The first-order valence-electron chi connectivity index (χ1n) is 10.7. The molecule has 0 bridgehead atoms. The van der Waals surface area contributed by atoms with Crippen molar-refractivity contribution in [2.75, 3.05) is 52.5 Å². The van der Waals surface area contributed by atoms with Gasteiger partial charge >= 0.3 is 0 Å². The highest BCUT2D eigenvalue weighted by molar-refractivity contribution is 7.20. The number of carbonyl (C=O) groups excluding carboxylic acids is 1. The van der Waals surface area contributed by atoms with Gasteiger partial charge in [-0.05, 0) is 36.2 Å². The SMILES string of the molecule is O=C1COCCN1N1CCN(CCc2ccc(Oc3nc4ccccc4s3)cc2)CC1. The van der Waals surface area contributed by atoms with E-state index in [9.17, 15) is 4.79 Å². The van der Waals surface area contributed by atoms with Gasteiger partial charge in [-0.15, -0.1) is 0 Å². The molecule has 3 heterocycles. The largest absolute Gasteiger partial charge is 0.431 e. The Kier molecular flexibility index (Phi) is 6.13. The van der Waals surface area contributed by atoms with Crippen LogP contribution in [0.15, 0.2) is 48.5 Å². The van der Waals surface area contributed by atoms with E-state index < -0.39 is 0 Å². The van der Waals surface area contributed by atoms with Gasteiger partial charge < -0.3 is 14.4 Å². The maximum absolute atomic E-state index is 12.0. The van der Waals surface area contributed by atoms with Gasteiger partial charge in [-0.3, -0.25) is 9.80 Å². The second-order valence-electron chi connectivity index (χ2n) is 7.81.